The molecule has 2 N–H and O–H groups in total. The molecule has 2 heteroatoms. The first-order valence-corrected chi connectivity index (χ1v) is 6.56. The lowest BCUT2D eigenvalue weighted by molar-refractivity contribution is 0.271. The SMILES string of the molecule is CC(C)C[C@H](C)N[C@H](C)[C@H]1CCCNC1. The van der Waals surface area contributed by atoms with E-state index in [4.69, 9.17) is 0 Å². The Kier molecular flexibility index (Phi) is 5.62. The molecule has 0 unspecified atom stereocenters. The molecular formula is C13H28N2. The highest BCUT2D eigenvalue weighted by molar-refractivity contribution is 4.80. The summed E-state index contributed by atoms with van der Waals surface area (Å²) >= 11 is 0. The molecule has 0 aromatic heterocycles. The fourth-order valence-electron chi connectivity index (χ4n) is 2.67. The van der Waals surface area contributed by atoms with E-state index in [2.05, 4.69) is 38.3 Å². The van der Waals surface area contributed by atoms with Gasteiger partial charge in [-0.15, -0.1) is 0 Å². The van der Waals surface area contributed by atoms with E-state index in [-0.39, 0.29) is 0 Å². The van der Waals surface area contributed by atoms with Crippen molar-refractivity contribution in [3.05, 3.63) is 0 Å². The lowest BCUT2D eigenvalue weighted by Crippen LogP contribution is -2.45. The highest BCUT2D eigenvalue weighted by Crippen LogP contribution is 2.15. The van der Waals surface area contributed by atoms with Crippen LogP contribution in [0.15, 0.2) is 0 Å². The molecule has 0 radical (unpaired) electrons. The monoisotopic (exact) mass is 212 g/mol. The van der Waals surface area contributed by atoms with Crippen LogP contribution >= 0.6 is 0 Å². The molecule has 1 rings (SSSR count). The van der Waals surface area contributed by atoms with Crippen LogP contribution in [0, 0.1) is 11.8 Å². The van der Waals surface area contributed by atoms with Crippen molar-refractivity contribution in [2.75, 3.05) is 13.1 Å². The molecule has 0 bridgehead atoms. The number of nitrogens with one attached hydrogen (secondary N) is 2. The Bertz CT molecular complexity index is 162. The lowest BCUT2D eigenvalue weighted by Gasteiger charge is -2.31. The van der Waals surface area contributed by atoms with Crippen LogP contribution < -0.4 is 10.6 Å². The van der Waals surface area contributed by atoms with E-state index >= 15 is 0 Å². The highest BCUT2D eigenvalue weighted by Gasteiger charge is 2.20. The maximum absolute atomic E-state index is 3.74. The quantitative estimate of drug-likeness (QED) is 0.731. The first-order chi connectivity index (χ1) is 7.09. The molecule has 2 nitrogen and oxygen atoms in total. The van der Waals surface area contributed by atoms with E-state index in [1.807, 2.05) is 0 Å². The first kappa shape index (κ1) is 13.0. The molecule has 0 aliphatic carbocycles. The van der Waals surface area contributed by atoms with Crippen molar-refractivity contribution in [1.29, 1.82) is 0 Å². The van der Waals surface area contributed by atoms with Crippen LogP contribution in [0.3, 0.4) is 0 Å². The minimum Gasteiger partial charge on any atom is -0.316 e. The van der Waals surface area contributed by atoms with Gasteiger partial charge in [0.05, 0.1) is 0 Å². The van der Waals surface area contributed by atoms with Crippen molar-refractivity contribution >= 4 is 0 Å². The molecule has 0 amide bonds. The third kappa shape index (κ3) is 4.98. The third-order valence-electron chi connectivity index (χ3n) is 3.41. The second-order valence-electron chi connectivity index (χ2n) is 5.59. The van der Waals surface area contributed by atoms with Crippen LogP contribution in [-0.4, -0.2) is 25.2 Å². The van der Waals surface area contributed by atoms with Crippen molar-refractivity contribution < 1.29 is 0 Å². The van der Waals surface area contributed by atoms with Crippen LogP contribution in [0.25, 0.3) is 0 Å². The van der Waals surface area contributed by atoms with Gasteiger partial charge in [-0.1, -0.05) is 13.8 Å². The summed E-state index contributed by atoms with van der Waals surface area (Å²) < 4.78 is 0. The summed E-state index contributed by atoms with van der Waals surface area (Å²) in [6.07, 6.45) is 4.01. The van der Waals surface area contributed by atoms with Crippen molar-refractivity contribution in [1.82, 2.24) is 10.6 Å². The summed E-state index contributed by atoms with van der Waals surface area (Å²) in [7, 11) is 0. The Hall–Kier alpha value is -0.0800. The minimum atomic E-state index is 0.655. The molecule has 0 aromatic rings. The van der Waals surface area contributed by atoms with Gasteiger partial charge in [-0.25, -0.2) is 0 Å². The first-order valence-electron chi connectivity index (χ1n) is 6.56. The molecule has 90 valence electrons. The zero-order valence-corrected chi connectivity index (χ0v) is 10.8. The summed E-state index contributed by atoms with van der Waals surface area (Å²) in [6, 6.07) is 1.31. The predicted molar refractivity (Wildman–Crippen MR) is 67.1 cm³/mol. The smallest absolute Gasteiger partial charge is 0.00816 e. The van der Waals surface area contributed by atoms with Crippen LogP contribution in [-0.2, 0) is 0 Å². The molecule has 1 fully saturated rings. The molecule has 3 atom stereocenters. The van der Waals surface area contributed by atoms with Crippen molar-refractivity contribution in [3.8, 4) is 0 Å². The molecule has 1 saturated heterocycles. The Morgan fingerprint density at radius 1 is 1.27 bits per heavy atom. The van der Waals surface area contributed by atoms with Gasteiger partial charge in [0.15, 0.2) is 0 Å². The second kappa shape index (κ2) is 6.49. The maximum atomic E-state index is 3.74. The normalized spacial score (nSPS) is 26.6. The van der Waals surface area contributed by atoms with E-state index < -0.39 is 0 Å². The second-order valence-corrected chi connectivity index (χ2v) is 5.59. The van der Waals surface area contributed by atoms with Gasteiger partial charge < -0.3 is 10.6 Å². The highest BCUT2D eigenvalue weighted by atomic mass is 15.0. The van der Waals surface area contributed by atoms with Crippen LogP contribution in [0.5, 0.6) is 0 Å². The summed E-state index contributed by atoms with van der Waals surface area (Å²) in [5.74, 6) is 1.62. The number of hydrogen-bond donors (Lipinski definition) is 2. The van der Waals surface area contributed by atoms with Crippen molar-refractivity contribution in [2.45, 2.75) is 59.0 Å². The van der Waals surface area contributed by atoms with E-state index in [9.17, 15) is 0 Å². The zero-order valence-electron chi connectivity index (χ0n) is 10.8. The minimum absolute atomic E-state index is 0.655. The fraction of sp³-hybridized carbons (Fsp3) is 1.00. The number of rotatable bonds is 5. The maximum Gasteiger partial charge on any atom is 0.00816 e. The molecule has 1 aliphatic rings. The van der Waals surface area contributed by atoms with Gasteiger partial charge in [-0.2, -0.15) is 0 Å². The van der Waals surface area contributed by atoms with Gasteiger partial charge in [0.2, 0.25) is 0 Å². The number of hydrogen-bond acceptors (Lipinski definition) is 2. The summed E-state index contributed by atoms with van der Waals surface area (Å²) in [6.45, 7) is 11.7. The number of piperidine rings is 1. The van der Waals surface area contributed by atoms with Gasteiger partial charge in [-0.3, -0.25) is 0 Å². The zero-order chi connectivity index (χ0) is 11.3. The largest absolute Gasteiger partial charge is 0.316 e. The molecule has 0 saturated carbocycles. The Labute approximate surface area is 95.2 Å². The summed E-state index contributed by atoms with van der Waals surface area (Å²) in [5.41, 5.74) is 0. The van der Waals surface area contributed by atoms with E-state index in [0.717, 1.165) is 11.8 Å². The average Bonchev–Trinajstić information content (AvgIpc) is 2.17. The molecule has 0 spiro atoms. The standard InChI is InChI=1S/C13H28N2/c1-10(2)8-11(3)15-12(4)13-6-5-7-14-9-13/h10-15H,5-9H2,1-4H3/t11-,12+,13-/m0/s1. The topological polar surface area (TPSA) is 24.1 Å². The molecule has 1 aliphatic heterocycles. The van der Waals surface area contributed by atoms with E-state index in [1.165, 1.54) is 32.4 Å². The van der Waals surface area contributed by atoms with Crippen LogP contribution in [0.1, 0.15) is 47.0 Å². The van der Waals surface area contributed by atoms with Crippen LogP contribution in [0.2, 0.25) is 0 Å². The van der Waals surface area contributed by atoms with Gasteiger partial charge in [-0.05, 0) is 58.0 Å². The van der Waals surface area contributed by atoms with Gasteiger partial charge >= 0.3 is 0 Å². The Morgan fingerprint density at radius 2 is 2.00 bits per heavy atom. The summed E-state index contributed by atoms with van der Waals surface area (Å²) in [4.78, 5) is 0. The van der Waals surface area contributed by atoms with Gasteiger partial charge in [0.25, 0.3) is 0 Å². The predicted octanol–water partition coefficient (Wildman–Crippen LogP) is 2.40. The van der Waals surface area contributed by atoms with Crippen LogP contribution in [0.4, 0.5) is 0 Å². The molecule has 15 heavy (non-hydrogen) atoms. The third-order valence-corrected chi connectivity index (χ3v) is 3.41. The lowest BCUT2D eigenvalue weighted by atomic mass is 9.92. The fourth-order valence-corrected chi connectivity index (χ4v) is 2.67. The average molecular weight is 212 g/mol. The van der Waals surface area contributed by atoms with E-state index in [1.54, 1.807) is 0 Å². The molecule has 1 heterocycles. The Balaban J connectivity index is 2.23. The van der Waals surface area contributed by atoms with Gasteiger partial charge in [0, 0.05) is 12.1 Å². The summed E-state index contributed by atoms with van der Waals surface area (Å²) in [5, 5.41) is 7.23. The molecular weight excluding hydrogens is 184 g/mol. The van der Waals surface area contributed by atoms with Gasteiger partial charge in [0.1, 0.15) is 0 Å². The van der Waals surface area contributed by atoms with Crippen molar-refractivity contribution in [2.24, 2.45) is 11.8 Å². The Morgan fingerprint density at radius 3 is 2.53 bits per heavy atom. The molecule has 0 aromatic carbocycles. The van der Waals surface area contributed by atoms with Crippen molar-refractivity contribution in [3.63, 3.8) is 0 Å². The van der Waals surface area contributed by atoms with E-state index in [0.29, 0.717) is 12.1 Å².